The highest BCUT2D eigenvalue weighted by Crippen LogP contribution is 2.20. The topological polar surface area (TPSA) is 74.2 Å². The van der Waals surface area contributed by atoms with E-state index in [1.807, 2.05) is 45.0 Å². The Labute approximate surface area is 128 Å². The number of rotatable bonds is 5. The highest BCUT2D eigenvalue weighted by Gasteiger charge is 2.11. The summed E-state index contributed by atoms with van der Waals surface area (Å²) in [4.78, 5) is 0. The van der Waals surface area contributed by atoms with Crippen LogP contribution in [-0.4, -0.2) is 15.4 Å². The lowest BCUT2D eigenvalue weighted by molar-refractivity contribution is 0.257. The summed E-state index contributed by atoms with van der Waals surface area (Å²) >= 11 is 0. The van der Waals surface area contributed by atoms with Gasteiger partial charge in [0.2, 0.25) is 5.89 Å². The van der Waals surface area contributed by atoms with Crippen molar-refractivity contribution in [2.24, 2.45) is 0 Å². The molecule has 2 heterocycles. The van der Waals surface area contributed by atoms with E-state index in [1.165, 1.54) is 0 Å². The molecule has 2 aromatic heterocycles. The molecule has 0 amide bonds. The largest absolute Gasteiger partial charge is 0.484 e. The molecule has 0 spiro atoms. The highest BCUT2D eigenvalue weighted by molar-refractivity contribution is 5.35. The van der Waals surface area contributed by atoms with E-state index in [2.05, 4.69) is 15.4 Å². The Balaban J connectivity index is 1.63. The predicted molar refractivity (Wildman–Crippen MR) is 78.6 cm³/mol. The molecule has 0 unspecified atom stereocenters. The molecule has 1 aromatic carbocycles. The lowest BCUT2D eigenvalue weighted by atomic mass is 10.1. The number of hydrogen-bond donors (Lipinski definition) is 0. The average molecular weight is 299 g/mol. The molecule has 3 aromatic rings. The summed E-state index contributed by atoms with van der Waals surface area (Å²) in [5, 5.41) is 11.9. The lowest BCUT2D eigenvalue weighted by Gasteiger charge is -2.07. The van der Waals surface area contributed by atoms with Crippen molar-refractivity contribution in [3.8, 4) is 5.75 Å². The van der Waals surface area contributed by atoms with Crippen molar-refractivity contribution in [1.29, 1.82) is 0 Å². The van der Waals surface area contributed by atoms with E-state index in [0.29, 0.717) is 18.2 Å². The summed E-state index contributed by atoms with van der Waals surface area (Å²) in [5.41, 5.74) is 2.99. The van der Waals surface area contributed by atoms with Crippen LogP contribution in [0, 0.1) is 20.8 Å². The molecular formula is C16H17N3O3. The van der Waals surface area contributed by atoms with Crippen LogP contribution in [-0.2, 0) is 13.0 Å². The fraction of sp³-hybridized carbons (Fsp3) is 0.312. The summed E-state index contributed by atoms with van der Waals surface area (Å²) in [7, 11) is 0. The van der Waals surface area contributed by atoms with E-state index in [4.69, 9.17) is 13.7 Å². The number of ether oxygens (including phenoxy) is 1. The predicted octanol–water partition coefficient (Wildman–Crippen LogP) is 3.15. The molecule has 6 heteroatoms. The maximum Gasteiger partial charge on any atom is 0.253 e. The Bertz CT molecular complexity index is 777. The first-order valence-corrected chi connectivity index (χ1v) is 7.03. The molecule has 0 bridgehead atoms. The molecule has 0 aliphatic rings. The third-order valence-electron chi connectivity index (χ3n) is 3.21. The third-order valence-corrected chi connectivity index (χ3v) is 3.21. The lowest BCUT2D eigenvalue weighted by Crippen LogP contribution is -1.97. The van der Waals surface area contributed by atoms with Gasteiger partial charge in [-0.25, -0.2) is 0 Å². The minimum Gasteiger partial charge on any atom is -0.484 e. The van der Waals surface area contributed by atoms with E-state index in [-0.39, 0.29) is 6.61 Å². The van der Waals surface area contributed by atoms with Crippen molar-refractivity contribution < 1.29 is 13.7 Å². The molecule has 0 saturated heterocycles. The molecule has 0 N–H and O–H groups in total. The summed E-state index contributed by atoms with van der Waals surface area (Å²) in [6.07, 6.45) is 0.452. The van der Waals surface area contributed by atoms with Gasteiger partial charge in [0.1, 0.15) is 11.5 Å². The van der Waals surface area contributed by atoms with Crippen LogP contribution in [0.1, 0.15) is 34.4 Å². The van der Waals surface area contributed by atoms with Crippen LogP contribution in [0.4, 0.5) is 0 Å². The van der Waals surface area contributed by atoms with Crippen LogP contribution < -0.4 is 4.74 Å². The standard InChI is InChI=1S/C16H17N3O3/c1-10-4-5-11(2)14(6-10)20-9-16-18-17-15(21-16)8-13-7-12(3)22-19-13/h4-7H,8-9H2,1-3H3. The minimum absolute atomic E-state index is 0.245. The molecule has 0 aliphatic carbocycles. The van der Waals surface area contributed by atoms with E-state index >= 15 is 0 Å². The fourth-order valence-corrected chi connectivity index (χ4v) is 2.08. The number of aryl methyl sites for hydroxylation is 3. The van der Waals surface area contributed by atoms with Crippen molar-refractivity contribution in [3.63, 3.8) is 0 Å². The first-order chi connectivity index (χ1) is 10.6. The van der Waals surface area contributed by atoms with Crippen LogP contribution in [0.2, 0.25) is 0 Å². The van der Waals surface area contributed by atoms with Crippen molar-refractivity contribution >= 4 is 0 Å². The highest BCUT2D eigenvalue weighted by atomic mass is 16.5. The van der Waals surface area contributed by atoms with E-state index in [0.717, 1.165) is 28.3 Å². The Kier molecular flexibility index (Phi) is 3.91. The van der Waals surface area contributed by atoms with Crippen LogP contribution in [0.15, 0.2) is 33.2 Å². The van der Waals surface area contributed by atoms with Crippen LogP contribution in [0.25, 0.3) is 0 Å². The number of aromatic nitrogens is 3. The van der Waals surface area contributed by atoms with E-state index in [1.54, 1.807) is 0 Å². The molecule has 114 valence electrons. The van der Waals surface area contributed by atoms with Gasteiger partial charge < -0.3 is 13.7 Å². The first kappa shape index (κ1) is 14.3. The van der Waals surface area contributed by atoms with Crippen molar-refractivity contribution in [2.75, 3.05) is 0 Å². The normalized spacial score (nSPS) is 10.9. The molecule has 0 aliphatic heterocycles. The van der Waals surface area contributed by atoms with E-state index in [9.17, 15) is 0 Å². The zero-order valence-electron chi connectivity index (χ0n) is 12.8. The van der Waals surface area contributed by atoms with Gasteiger partial charge in [0.25, 0.3) is 5.89 Å². The van der Waals surface area contributed by atoms with Gasteiger partial charge in [0, 0.05) is 6.07 Å². The second kappa shape index (κ2) is 6.01. The third kappa shape index (κ3) is 3.33. The molecular weight excluding hydrogens is 282 g/mol. The molecule has 6 nitrogen and oxygen atoms in total. The summed E-state index contributed by atoms with van der Waals surface area (Å²) in [6.45, 7) is 6.11. The number of benzene rings is 1. The Morgan fingerprint density at radius 1 is 1.05 bits per heavy atom. The van der Waals surface area contributed by atoms with Gasteiger partial charge in [-0.2, -0.15) is 0 Å². The van der Waals surface area contributed by atoms with Crippen LogP contribution in [0.5, 0.6) is 5.75 Å². The van der Waals surface area contributed by atoms with E-state index < -0.39 is 0 Å². The minimum atomic E-state index is 0.245. The Morgan fingerprint density at radius 2 is 1.86 bits per heavy atom. The van der Waals surface area contributed by atoms with Crippen LogP contribution >= 0.6 is 0 Å². The second-order valence-corrected chi connectivity index (χ2v) is 5.25. The molecule has 0 saturated carbocycles. The van der Waals surface area contributed by atoms with Gasteiger partial charge in [-0.1, -0.05) is 17.3 Å². The van der Waals surface area contributed by atoms with Crippen molar-refractivity contribution in [1.82, 2.24) is 15.4 Å². The number of hydrogen-bond acceptors (Lipinski definition) is 6. The molecule has 0 radical (unpaired) electrons. The summed E-state index contributed by atoms with van der Waals surface area (Å²) in [5.74, 6) is 2.52. The zero-order valence-corrected chi connectivity index (χ0v) is 12.8. The molecule has 22 heavy (non-hydrogen) atoms. The average Bonchev–Trinajstić information content (AvgIpc) is 3.10. The van der Waals surface area contributed by atoms with Gasteiger partial charge >= 0.3 is 0 Å². The van der Waals surface area contributed by atoms with Gasteiger partial charge in [0.05, 0.1) is 12.1 Å². The summed E-state index contributed by atoms with van der Waals surface area (Å²) in [6, 6.07) is 7.91. The molecule has 0 fully saturated rings. The zero-order chi connectivity index (χ0) is 15.5. The smallest absolute Gasteiger partial charge is 0.253 e. The monoisotopic (exact) mass is 299 g/mol. The molecule has 3 rings (SSSR count). The van der Waals surface area contributed by atoms with Gasteiger partial charge in [0.15, 0.2) is 6.61 Å². The van der Waals surface area contributed by atoms with Crippen molar-refractivity contribution in [3.05, 3.63) is 58.6 Å². The van der Waals surface area contributed by atoms with Gasteiger partial charge in [-0.3, -0.25) is 0 Å². The molecule has 0 atom stereocenters. The number of nitrogens with zero attached hydrogens (tertiary/aromatic N) is 3. The Morgan fingerprint density at radius 3 is 2.64 bits per heavy atom. The quantitative estimate of drug-likeness (QED) is 0.720. The van der Waals surface area contributed by atoms with Gasteiger partial charge in [-0.05, 0) is 38.0 Å². The maximum atomic E-state index is 5.74. The van der Waals surface area contributed by atoms with Gasteiger partial charge in [-0.15, -0.1) is 10.2 Å². The van der Waals surface area contributed by atoms with Crippen LogP contribution in [0.3, 0.4) is 0 Å². The fourth-order valence-electron chi connectivity index (χ4n) is 2.08. The second-order valence-electron chi connectivity index (χ2n) is 5.25. The first-order valence-electron chi connectivity index (χ1n) is 7.03. The SMILES string of the molecule is Cc1ccc(C)c(OCc2nnc(Cc3cc(C)on3)o2)c1. The Hall–Kier alpha value is -2.63. The maximum absolute atomic E-state index is 5.74. The van der Waals surface area contributed by atoms with Crippen molar-refractivity contribution in [2.45, 2.75) is 33.8 Å². The summed E-state index contributed by atoms with van der Waals surface area (Å²) < 4.78 is 16.3.